The number of rotatable bonds is 7. The van der Waals surface area contributed by atoms with Gasteiger partial charge >= 0.3 is 6.18 Å². The summed E-state index contributed by atoms with van der Waals surface area (Å²) in [5.74, 6) is -0.540. The van der Waals surface area contributed by atoms with E-state index in [4.69, 9.17) is 9.47 Å². The van der Waals surface area contributed by atoms with Gasteiger partial charge in [0.2, 0.25) is 5.91 Å². The van der Waals surface area contributed by atoms with Gasteiger partial charge in [0.25, 0.3) is 11.5 Å². The average Bonchev–Trinajstić information content (AvgIpc) is 2.98. The molecule has 0 radical (unpaired) electrons. The molecule has 0 aromatic heterocycles. The SMILES string of the molecule is CO[C@@](C(=O)N1CCC2(CC1)CC(=O)NCC2c1ccccc1OCC1CCCCN1C)(c1ccccc1)C(F)(F)F. The van der Waals surface area contributed by atoms with Gasteiger partial charge in [0, 0.05) is 50.7 Å². The van der Waals surface area contributed by atoms with Crippen molar-refractivity contribution < 1.29 is 32.2 Å². The van der Waals surface area contributed by atoms with Crippen LogP contribution in [0.15, 0.2) is 54.6 Å². The van der Waals surface area contributed by atoms with E-state index in [1.807, 2.05) is 24.3 Å². The Hall–Kier alpha value is -3.11. The Morgan fingerprint density at radius 3 is 2.38 bits per heavy atom. The second-order valence-corrected chi connectivity index (χ2v) is 11.9. The van der Waals surface area contributed by atoms with Crippen LogP contribution in [0.2, 0.25) is 0 Å². The van der Waals surface area contributed by atoms with Gasteiger partial charge in [-0.05, 0) is 56.3 Å². The van der Waals surface area contributed by atoms with Gasteiger partial charge < -0.3 is 24.6 Å². The minimum absolute atomic E-state index is 0.0842. The van der Waals surface area contributed by atoms with Gasteiger partial charge in [0.1, 0.15) is 12.4 Å². The van der Waals surface area contributed by atoms with Gasteiger partial charge in [-0.3, -0.25) is 9.59 Å². The first-order chi connectivity index (χ1) is 20.1. The number of benzene rings is 2. The van der Waals surface area contributed by atoms with Gasteiger partial charge in [0.15, 0.2) is 0 Å². The third-order valence-electron chi connectivity index (χ3n) is 9.64. The number of likely N-dealkylation sites (N-methyl/N-ethyl adjacent to an activating group) is 1. The van der Waals surface area contributed by atoms with Crippen molar-refractivity contribution >= 4 is 11.8 Å². The topological polar surface area (TPSA) is 71.1 Å². The standard InChI is InChI=1S/C32H40F3N3O4/c1-37-17-9-8-12-24(37)22-42-27-14-7-6-13-25(27)26-21-36-28(39)20-30(26)15-18-38(19-16-30)29(40)31(41-2,32(33,34)35)23-10-4-3-5-11-23/h3-7,10-11,13-14,24,26H,8-9,12,15-22H2,1-2H3,(H,36,39)/t24?,26?,31-/m1/s1. The summed E-state index contributed by atoms with van der Waals surface area (Å²) in [4.78, 5) is 30.0. The van der Waals surface area contributed by atoms with Crippen LogP contribution in [0, 0.1) is 5.41 Å². The number of halogens is 3. The normalized spacial score (nSPS) is 24.6. The number of nitrogens with zero attached hydrogens (tertiary/aromatic N) is 2. The smallest absolute Gasteiger partial charge is 0.430 e. The van der Waals surface area contributed by atoms with Crippen molar-refractivity contribution in [2.45, 2.75) is 62.3 Å². The van der Waals surface area contributed by atoms with E-state index in [1.165, 1.54) is 42.0 Å². The number of likely N-dealkylation sites (tertiary alicyclic amines) is 2. The molecule has 3 fully saturated rings. The van der Waals surface area contributed by atoms with Gasteiger partial charge in [-0.25, -0.2) is 0 Å². The molecule has 3 atom stereocenters. The van der Waals surface area contributed by atoms with E-state index in [1.54, 1.807) is 6.07 Å². The minimum atomic E-state index is -4.97. The molecule has 5 rings (SSSR count). The van der Waals surface area contributed by atoms with Crippen LogP contribution in [0.5, 0.6) is 5.75 Å². The second-order valence-electron chi connectivity index (χ2n) is 11.9. The summed E-state index contributed by atoms with van der Waals surface area (Å²) in [5.41, 5.74) is -2.88. The monoisotopic (exact) mass is 587 g/mol. The molecule has 0 bridgehead atoms. The molecule has 2 amide bonds. The third-order valence-corrected chi connectivity index (χ3v) is 9.64. The molecule has 0 aliphatic carbocycles. The molecule has 1 spiro atoms. The number of piperidine rings is 3. The lowest BCUT2D eigenvalue weighted by Crippen LogP contribution is -2.60. The van der Waals surface area contributed by atoms with Crippen LogP contribution in [0.25, 0.3) is 0 Å². The second kappa shape index (κ2) is 12.2. The summed E-state index contributed by atoms with van der Waals surface area (Å²) in [6.07, 6.45) is -0.497. The molecule has 3 aliphatic rings. The predicted octanol–water partition coefficient (Wildman–Crippen LogP) is 4.87. The number of nitrogens with one attached hydrogen (secondary N) is 1. The Morgan fingerprint density at radius 1 is 1.02 bits per heavy atom. The van der Waals surface area contributed by atoms with E-state index < -0.39 is 23.1 Å². The van der Waals surface area contributed by atoms with Gasteiger partial charge in [-0.15, -0.1) is 0 Å². The molecule has 0 saturated carbocycles. The van der Waals surface area contributed by atoms with Crippen LogP contribution in [0.4, 0.5) is 13.2 Å². The Morgan fingerprint density at radius 2 is 1.71 bits per heavy atom. The lowest BCUT2D eigenvalue weighted by atomic mass is 9.62. The molecule has 2 aromatic rings. The first kappa shape index (κ1) is 30.4. The van der Waals surface area contributed by atoms with E-state index in [-0.39, 0.29) is 36.9 Å². The number of methoxy groups -OCH3 is 1. The van der Waals surface area contributed by atoms with Crippen LogP contribution in [0.1, 0.15) is 55.6 Å². The Kier molecular flexibility index (Phi) is 8.85. The Labute approximate surface area is 245 Å². The fourth-order valence-corrected chi connectivity index (χ4v) is 7.12. The molecule has 3 heterocycles. The summed E-state index contributed by atoms with van der Waals surface area (Å²) in [7, 11) is 3.04. The fraction of sp³-hybridized carbons (Fsp3) is 0.562. The molecule has 42 heavy (non-hydrogen) atoms. The van der Waals surface area contributed by atoms with Crippen molar-refractivity contribution in [1.29, 1.82) is 0 Å². The third kappa shape index (κ3) is 5.63. The van der Waals surface area contributed by atoms with Gasteiger partial charge in [0.05, 0.1) is 0 Å². The maximum absolute atomic E-state index is 14.6. The highest BCUT2D eigenvalue weighted by Crippen LogP contribution is 2.52. The first-order valence-electron chi connectivity index (χ1n) is 14.8. The highest BCUT2D eigenvalue weighted by molar-refractivity contribution is 5.88. The summed E-state index contributed by atoms with van der Waals surface area (Å²) in [5, 5.41) is 3.00. The van der Waals surface area contributed by atoms with E-state index >= 15 is 0 Å². The molecular formula is C32H40F3N3O4. The lowest BCUT2D eigenvalue weighted by molar-refractivity contribution is -0.271. The predicted molar refractivity (Wildman–Crippen MR) is 152 cm³/mol. The summed E-state index contributed by atoms with van der Waals surface area (Å²) >= 11 is 0. The Bertz CT molecular complexity index is 1250. The van der Waals surface area contributed by atoms with Crippen molar-refractivity contribution in [3.05, 3.63) is 65.7 Å². The number of carbonyl (C=O) groups is 2. The molecule has 7 nitrogen and oxygen atoms in total. The minimum Gasteiger partial charge on any atom is -0.492 e. The molecule has 2 unspecified atom stereocenters. The zero-order chi connectivity index (χ0) is 30.0. The number of amides is 2. The highest BCUT2D eigenvalue weighted by atomic mass is 19.4. The maximum atomic E-state index is 14.6. The van der Waals surface area contributed by atoms with Crippen molar-refractivity contribution in [2.24, 2.45) is 5.41 Å². The largest absolute Gasteiger partial charge is 0.492 e. The highest BCUT2D eigenvalue weighted by Gasteiger charge is 2.64. The van der Waals surface area contributed by atoms with Crippen molar-refractivity contribution in [2.75, 3.05) is 46.9 Å². The van der Waals surface area contributed by atoms with Crippen molar-refractivity contribution in [1.82, 2.24) is 15.1 Å². The molecular weight excluding hydrogens is 547 g/mol. The Balaban J connectivity index is 1.38. The molecule has 10 heteroatoms. The molecule has 3 aliphatic heterocycles. The van der Waals surface area contributed by atoms with Gasteiger partial charge in [-0.2, -0.15) is 13.2 Å². The first-order valence-corrected chi connectivity index (χ1v) is 14.8. The molecule has 2 aromatic carbocycles. The van der Waals surface area contributed by atoms with E-state index in [9.17, 15) is 22.8 Å². The van der Waals surface area contributed by atoms with Crippen LogP contribution in [0.3, 0.4) is 0 Å². The summed E-state index contributed by atoms with van der Waals surface area (Å²) in [6.45, 7) is 2.20. The number of hydrogen-bond donors (Lipinski definition) is 1. The van der Waals surface area contributed by atoms with E-state index in [2.05, 4.69) is 17.3 Å². The fourth-order valence-electron chi connectivity index (χ4n) is 7.12. The zero-order valence-corrected chi connectivity index (χ0v) is 24.3. The molecule has 3 saturated heterocycles. The van der Waals surface area contributed by atoms with E-state index in [0.717, 1.165) is 31.4 Å². The quantitative estimate of drug-likeness (QED) is 0.501. The van der Waals surface area contributed by atoms with Gasteiger partial charge in [-0.1, -0.05) is 55.0 Å². The number of hydrogen-bond acceptors (Lipinski definition) is 5. The van der Waals surface area contributed by atoms with Crippen LogP contribution < -0.4 is 10.1 Å². The summed E-state index contributed by atoms with van der Waals surface area (Å²) in [6, 6.07) is 15.3. The lowest BCUT2D eigenvalue weighted by Gasteiger charge is -2.50. The molecule has 1 N–H and O–H groups in total. The van der Waals surface area contributed by atoms with Crippen LogP contribution >= 0.6 is 0 Å². The van der Waals surface area contributed by atoms with Crippen LogP contribution in [-0.4, -0.2) is 80.8 Å². The number of carbonyl (C=O) groups excluding carboxylic acids is 2. The number of ether oxygens (including phenoxy) is 2. The van der Waals surface area contributed by atoms with Crippen molar-refractivity contribution in [3.8, 4) is 5.75 Å². The number of para-hydroxylation sites is 1. The van der Waals surface area contributed by atoms with Crippen molar-refractivity contribution in [3.63, 3.8) is 0 Å². The number of alkyl halides is 3. The molecule has 228 valence electrons. The van der Waals surface area contributed by atoms with Crippen LogP contribution in [-0.2, 0) is 19.9 Å². The summed E-state index contributed by atoms with van der Waals surface area (Å²) < 4.78 is 55.2. The van der Waals surface area contributed by atoms with E-state index in [0.29, 0.717) is 32.0 Å². The maximum Gasteiger partial charge on any atom is 0.430 e. The zero-order valence-electron chi connectivity index (χ0n) is 24.3. The average molecular weight is 588 g/mol.